The van der Waals surface area contributed by atoms with Gasteiger partial charge in [0.25, 0.3) is 0 Å². The highest BCUT2D eigenvalue weighted by molar-refractivity contribution is 7.98. The third-order valence-corrected chi connectivity index (χ3v) is 5.03. The van der Waals surface area contributed by atoms with Gasteiger partial charge in [-0.05, 0) is 61.2 Å². The summed E-state index contributed by atoms with van der Waals surface area (Å²) in [5.41, 5.74) is 2.02. The maximum Gasteiger partial charge on any atom is 0.224 e. The normalized spacial score (nSPS) is 13.1. The van der Waals surface area contributed by atoms with Gasteiger partial charge in [-0.2, -0.15) is 0 Å². The van der Waals surface area contributed by atoms with Crippen LogP contribution in [0, 0.1) is 0 Å². The Kier molecular flexibility index (Phi) is 7.19. The molecule has 0 spiro atoms. The lowest BCUT2D eigenvalue weighted by atomic mass is 10.0. The van der Waals surface area contributed by atoms with Gasteiger partial charge >= 0.3 is 0 Å². The number of hydrogen-bond donors (Lipinski definition) is 1. The number of anilines is 1. The molecule has 3 rings (SSSR count). The summed E-state index contributed by atoms with van der Waals surface area (Å²) in [6.45, 7) is 0.623. The van der Waals surface area contributed by atoms with Crippen LogP contribution < -0.4 is 19.5 Å². The van der Waals surface area contributed by atoms with Crippen molar-refractivity contribution in [1.29, 1.82) is 0 Å². The third-order valence-electron chi connectivity index (χ3n) is 4.31. The molecule has 6 nitrogen and oxygen atoms in total. The van der Waals surface area contributed by atoms with Crippen LogP contribution in [0.3, 0.4) is 0 Å². The Labute approximate surface area is 169 Å². The molecule has 0 saturated heterocycles. The lowest BCUT2D eigenvalue weighted by Gasteiger charge is -2.17. The van der Waals surface area contributed by atoms with Crippen molar-refractivity contribution in [3.8, 4) is 17.2 Å². The molecule has 0 aliphatic carbocycles. The molecule has 0 unspecified atom stereocenters. The largest absolute Gasteiger partial charge is 0.494 e. The van der Waals surface area contributed by atoms with Gasteiger partial charge in [-0.25, -0.2) is 4.40 Å². The van der Waals surface area contributed by atoms with Crippen LogP contribution >= 0.6 is 11.9 Å². The summed E-state index contributed by atoms with van der Waals surface area (Å²) in [6.07, 6.45) is 4.90. The highest BCUT2D eigenvalue weighted by Gasteiger charge is 2.14. The quantitative estimate of drug-likeness (QED) is 0.381. The molecule has 2 aromatic carbocycles. The predicted molar refractivity (Wildman–Crippen MR) is 112 cm³/mol. The Balaban J connectivity index is 1.38. The molecule has 0 bridgehead atoms. The number of fused-ring (bicyclic) bond motifs is 1. The minimum atomic E-state index is 0.0754. The van der Waals surface area contributed by atoms with E-state index in [9.17, 15) is 4.79 Å². The number of carbonyl (C=O) groups excluding carboxylic acids is 1. The van der Waals surface area contributed by atoms with E-state index in [2.05, 4.69) is 9.71 Å². The van der Waals surface area contributed by atoms with E-state index in [0.717, 1.165) is 41.2 Å². The van der Waals surface area contributed by atoms with Crippen LogP contribution in [0.25, 0.3) is 0 Å². The molecule has 0 radical (unpaired) electrons. The van der Waals surface area contributed by atoms with E-state index in [-0.39, 0.29) is 5.91 Å². The van der Waals surface area contributed by atoms with Gasteiger partial charge in [0, 0.05) is 35.2 Å². The van der Waals surface area contributed by atoms with Crippen molar-refractivity contribution in [2.24, 2.45) is 4.40 Å². The van der Waals surface area contributed by atoms with Gasteiger partial charge in [0.05, 0.1) is 20.8 Å². The number of rotatable bonds is 9. The average molecular weight is 401 g/mol. The van der Waals surface area contributed by atoms with Crippen molar-refractivity contribution in [2.75, 3.05) is 26.1 Å². The van der Waals surface area contributed by atoms with Crippen molar-refractivity contribution < 1.29 is 19.0 Å². The van der Waals surface area contributed by atoms with E-state index < -0.39 is 0 Å². The second-order valence-electron chi connectivity index (χ2n) is 6.25. The maximum atomic E-state index is 11.4. The number of unbranched alkanes of at least 4 members (excludes halogenated alkanes) is 1. The summed E-state index contributed by atoms with van der Waals surface area (Å²) in [6, 6.07) is 11.5. The molecule has 1 heterocycles. The number of methoxy groups -OCH3 is 2. The number of carbonyl (C=O) groups is 1. The minimum Gasteiger partial charge on any atom is -0.494 e. The smallest absolute Gasteiger partial charge is 0.224 e. The van der Waals surface area contributed by atoms with Gasteiger partial charge in [-0.1, -0.05) is 0 Å². The van der Waals surface area contributed by atoms with Crippen LogP contribution in [-0.2, 0) is 11.2 Å². The van der Waals surface area contributed by atoms with Crippen molar-refractivity contribution in [3.05, 3.63) is 42.0 Å². The Morgan fingerprint density at radius 2 is 1.96 bits per heavy atom. The summed E-state index contributed by atoms with van der Waals surface area (Å²) in [4.78, 5) is 12.4. The zero-order valence-electron chi connectivity index (χ0n) is 16.1. The molecule has 1 aliphatic rings. The number of ether oxygens (including phenoxy) is 3. The Morgan fingerprint density at radius 3 is 2.79 bits per heavy atom. The summed E-state index contributed by atoms with van der Waals surface area (Å²) < 4.78 is 20.7. The first kappa shape index (κ1) is 20.1. The minimum absolute atomic E-state index is 0.0754. The fourth-order valence-corrected chi connectivity index (χ4v) is 3.43. The third kappa shape index (κ3) is 5.42. The molecule has 0 fully saturated rings. The summed E-state index contributed by atoms with van der Waals surface area (Å²) >= 11 is 1.40. The van der Waals surface area contributed by atoms with E-state index >= 15 is 0 Å². The first-order chi connectivity index (χ1) is 13.7. The second kappa shape index (κ2) is 10.0. The van der Waals surface area contributed by atoms with Crippen LogP contribution in [0.4, 0.5) is 5.69 Å². The van der Waals surface area contributed by atoms with Gasteiger partial charge in [-0.3, -0.25) is 4.79 Å². The molecule has 148 valence electrons. The van der Waals surface area contributed by atoms with Gasteiger partial charge in [0.1, 0.15) is 5.75 Å². The first-order valence-electron chi connectivity index (χ1n) is 9.16. The summed E-state index contributed by atoms with van der Waals surface area (Å²) in [5.74, 6) is 2.32. The molecule has 0 atom stereocenters. The predicted octanol–water partition coefficient (Wildman–Crippen LogP) is 4.53. The molecular formula is C21H24N2O4S. The van der Waals surface area contributed by atoms with E-state index in [0.29, 0.717) is 24.5 Å². The topological polar surface area (TPSA) is 69.2 Å². The number of amides is 1. The molecule has 0 saturated carbocycles. The molecule has 2 aromatic rings. The maximum absolute atomic E-state index is 11.4. The lowest BCUT2D eigenvalue weighted by Crippen LogP contribution is -2.18. The first-order valence-corrected chi connectivity index (χ1v) is 9.93. The van der Waals surface area contributed by atoms with Crippen LogP contribution in [0.2, 0.25) is 0 Å². The fourth-order valence-electron chi connectivity index (χ4n) is 2.84. The molecule has 28 heavy (non-hydrogen) atoms. The lowest BCUT2D eigenvalue weighted by molar-refractivity contribution is -0.116. The van der Waals surface area contributed by atoms with E-state index in [1.807, 2.05) is 42.6 Å². The molecule has 1 N–H and O–H groups in total. The molecule has 0 aromatic heterocycles. The highest BCUT2D eigenvalue weighted by Crippen LogP contribution is 2.32. The number of benzene rings is 2. The Morgan fingerprint density at radius 1 is 1.11 bits per heavy atom. The van der Waals surface area contributed by atoms with Gasteiger partial charge in [0.2, 0.25) is 5.91 Å². The fraction of sp³-hybridized carbons (Fsp3) is 0.333. The zero-order valence-corrected chi connectivity index (χ0v) is 16.9. The van der Waals surface area contributed by atoms with Crippen molar-refractivity contribution in [3.63, 3.8) is 0 Å². The van der Waals surface area contributed by atoms with E-state index in [4.69, 9.17) is 14.2 Å². The van der Waals surface area contributed by atoms with Crippen molar-refractivity contribution >= 4 is 29.8 Å². The standard InChI is InChI=1S/C21H24N2O4S/c1-25-19-9-7-17(14-20(19)26-2)28-22-11-3-4-12-27-16-6-8-18-15(13-16)5-10-21(24)23-18/h6-9,11,13-14H,3-5,10,12H2,1-2H3,(H,23,24). The SMILES string of the molecule is COc1ccc(SN=CCCCOc2ccc3c(c2)CCC(=O)N3)cc1OC. The second-order valence-corrected chi connectivity index (χ2v) is 7.12. The van der Waals surface area contributed by atoms with Crippen LogP contribution in [0.1, 0.15) is 24.8 Å². The average Bonchev–Trinajstić information content (AvgIpc) is 2.72. The van der Waals surface area contributed by atoms with Crippen molar-refractivity contribution in [1.82, 2.24) is 0 Å². The van der Waals surface area contributed by atoms with Crippen molar-refractivity contribution in [2.45, 2.75) is 30.6 Å². The van der Waals surface area contributed by atoms with Crippen LogP contribution in [0.5, 0.6) is 17.2 Å². The number of aryl methyl sites for hydroxylation is 1. The van der Waals surface area contributed by atoms with E-state index in [1.54, 1.807) is 14.2 Å². The molecule has 1 aliphatic heterocycles. The van der Waals surface area contributed by atoms with Gasteiger partial charge < -0.3 is 19.5 Å². The zero-order chi connectivity index (χ0) is 19.8. The molecule has 1 amide bonds. The Hall–Kier alpha value is -2.67. The van der Waals surface area contributed by atoms with Gasteiger partial charge in [-0.15, -0.1) is 0 Å². The monoisotopic (exact) mass is 400 g/mol. The molecular weight excluding hydrogens is 376 g/mol. The molecule has 7 heteroatoms. The van der Waals surface area contributed by atoms with E-state index in [1.165, 1.54) is 11.9 Å². The highest BCUT2D eigenvalue weighted by atomic mass is 32.2. The summed E-state index contributed by atoms with van der Waals surface area (Å²) in [7, 11) is 3.24. The van der Waals surface area contributed by atoms with Crippen LogP contribution in [-0.4, -0.2) is 32.9 Å². The number of hydrogen-bond acceptors (Lipinski definition) is 6. The summed E-state index contributed by atoms with van der Waals surface area (Å²) in [5, 5.41) is 2.88. The van der Waals surface area contributed by atoms with Crippen LogP contribution in [0.15, 0.2) is 45.7 Å². The Bertz CT molecular complexity index is 854. The number of nitrogens with one attached hydrogen (secondary N) is 1. The number of nitrogens with zero attached hydrogens (tertiary/aromatic N) is 1. The van der Waals surface area contributed by atoms with Gasteiger partial charge in [0.15, 0.2) is 11.5 Å².